The molecule has 0 radical (unpaired) electrons. The normalized spacial score (nSPS) is 26.6. The molecule has 0 amide bonds. The van der Waals surface area contributed by atoms with Crippen molar-refractivity contribution in [1.29, 1.82) is 0 Å². The molecule has 0 bridgehead atoms. The van der Waals surface area contributed by atoms with E-state index in [2.05, 4.69) is 0 Å². The van der Waals surface area contributed by atoms with E-state index in [0.717, 1.165) is 24.3 Å². The third-order valence-corrected chi connectivity index (χ3v) is 4.35. The number of aliphatic hydroxyl groups is 1. The lowest BCUT2D eigenvalue weighted by molar-refractivity contribution is 0.0862. The van der Waals surface area contributed by atoms with Crippen LogP contribution in [0.1, 0.15) is 43.6 Å². The molecule has 3 atom stereocenters. The summed E-state index contributed by atoms with van der Waals surface area (Å²) in [4.78, 5) is 0. The van der Waals surface area contributed by atoms with Crippen molar-refractivity contribution in [3.05, 3.63) is 34.9 Å². The monoisotopic (exact) mass is 267 g/mol. The van der Waals surface area contributed by atoms with E-state index in [1.54, 1.807) is 0 Å². The van der Waals surface area contributed by atoms with Crippen LogP contribution in [0, 0.1) is 5.92 Å². The summed E-state index contributed by atoms with van der Waals surface area (Å²) in [6.45, 7) is 0.587. The van der Waals surface area contributed by atoms with E-state index in [-0.39, 0.29) is 12.0 Å². The van der Waals surface area contributed by atoms with E-state index in [4.69, 9.17) is 17.3 Å². The van der Waals surface area contributed by atoms with Gasteiger partial charge >= 0.3 is 0 Å². The molecule has 1 saturated carbocycles. The van der Waals surface area contributed by atoms with Crippen LogP contribution in [0.5, 0.6) is 0 Å². The van der Waals surface area contributed by atoms with Crippen molar-refractivity contribution in [2.24, 2.45) is 11.7 Å². The summed E-state index contributed by atoms with van der Waals surface area (Å²) in [6, 6.07) is 7.89. The summed E-state index contributed by atoms with van der Waals surface area (Å²) in [5.74, 6) is 0.536. The topological polar surface area (TPSA) is 46.2 Å². The summed E-state index contributed by atoms with van der Waals surface area (Å²) in [6.07, 6.45) is 5.34. The van der Waals surface area contributed by atoms with Gasteiger partial charge in [-0.25, -0.2) is 0 Å². The Morgan fingerprint density at radius 2 is 1.83 bits per heavy atom. The maximum absolute atomic E-state index is 10.3. The molecule has 100 valence electrons. The lowest BCUT2D eigenvalue weighted by Crippen LogP contribution is -2.30. The maximum Gasteiger partial charge on any atom is 0.0574 e. The van der Waals surface area contributed by atoms with Crippen LogP contribution in [-0.4, -0.2) is 17.8 Å². The van der Waals surface area contributed by atoms with Gasteiger partial charge in [0.25, 0.3) is 0 Å². The molecule has 0 aliphatic heterocycles. The Morgan fingerprint density at radius 3 is 2.50 bits per heavy atom. The Balaban J connectivity index is 2.18. The zero-order valence-electron chi connectivity index (χ0n) is 10.7. The zero-order valence-corrected chi connectivity index (χ0v) is 11.4. The SMILES string of the molecule is NCC(c1ccc(Cl)cc1)[C@@H]1CCCCC[C@@H]1O. The Morgan fingerprint density at radius 1 is 1.17 bits per heavy atom. The summed E-state index contributed by atoms with van der Waals surface area (Å²) in [5.41, 5.74) is 7.14. The van der Waals surface area contributed by atoms with E-state index in [0.29, 0.717) is 12.5 Å². The number of halogens is 1. The van der Waals surface area contributed by atoms with Crippen molar-refractivity contribution in [2.75, 3.05) is 6.54 Å². The molecule has 1 aromatic carbocycles. The van der Waals surface area contributed by atoms with Gasteiger partial charge in [-0.3, -0.25) is 0 Å². The van der Waals surface area contributed by atoms with Gasteiger partial charge in [0.05, 0.1) is 6.10 Å². The fourth-order valence-electron chi connectivity index (χ4n) is 3.05. The Hall–Kier alpha value is -0.570. The minimum Gasteiger partial charge on any atom is -0.393 e. The van der Waals surface area contributed by atoms with Crippen LogP contribution in [0.3, 0.4) is 0 Å². The Bertz CT molecular complexity index is 365. The first-order valence-electron chi connectivity index (χ1n) is 6.86. The van der Waals surface area contributed by atoms with E-state index in [9.17, 15) is 5.11 Å². The summed E-state index contributed by atoms with van der Waals surface area (Å²) in [7, 11) is 0. The molecule has 0 saturated heterocycles. The first kappa shape index (κ1) is 13.9. The number of benzene rings is 1. The average molecular weight is 268 g/mol. The van der Waals surface area contributed by atoms with Crippen molar-refractivity contribution in [1.82, 2.24) is 0 Å². The van der Waals surface area contributed by atoms with Gasteiger partial charge in [-0.2, -0.15) is 0 Å². The zero-order chi connectivity index (χ0) is 13.0. The lowest BCUT2D eigenvalue weighted by atomic mass is 9.80. The second-order valence-electron chi connectivity index (χ2n) is 5.26. The van der Waals surface area contributed by atoms with Crippen LogP contribution in [0.15, 0.2) is 24.3 Å². The number of aliphatic hydroxyl groups excluding tert-OH is 1. The lowest BCUT2D eigenvalue weighted by Gasteiger charge is -2.29. The standard InChI is InChI=1S/C15H22ClNO/c16-12-8-6-11(7-9-12)14(10-17)13-4-2-1-3-5-15(13)18/h6-9,13-15,18H,1-5,10,17H2/t13-,14?,15-/m0/s1. The molecule has 2 nitrogen and oxygen atoms in total. The summed E-state index contributed by atoms with van der Waals surface area (Å²) < 4.78 is 0. The molecule has 0 aromatic heterocycles. The molecule has 1 unspecified atom stereocenters. The number of hydrogen-bond donors (Lipinski definition) is 2. The molecule has 2 rings (SSSR count). The van der Waals surface area contributed by atoms with Gasteiger partial charge in [0, 0.05) is 10.9 Å². The summed E-state index contributed by atoms with van der Waals surface area (Å²) in [5, 5.41) is 11.0. The van der Waals surface area contributed by atoms with Crippen LogP contribution in [0.4, 0.5) is 0 Å². The number of rotatable bonds is 3. The second kappa shape index (κ2) is 6.55. The highest BCUT2D eigenvalue weighted by Gasteiger charge is 2.29. The van der Waals surface area contributed by atoms with Gasteiger partial charge in [-0.1, -0.05) is 43.0 Å². The van der Waals surface area contributed by atoms with Gasteiger partial charge in [0.2, 0.25) is 0 Å². The predicted octanol–water partition coefficient (Wildman–Crippen LogP) is 3.32. The molecule has 1 aliphatic rings. The average Bonchev–Trinajstić information content (AvgIpc) is 2.58. The van der Waals surface area contributed by atoms with E-state index >= 15 is 0 Å². The second-order valence-corrected chi connectivity index (χ2v) is 5.70. The van der Waals surface area contributed by atoms with Crippen LogP contribution in [0.25, 0.3) is 0 Å². The highest BCUT2D eigenvalue weighted by Crippen LogP contribution is 2.35. The molecule has 3 N–H and O–H groups in total. The molecule has 1 fully saturated rings. The molecule has 3 heteroatoms. The predicted molar refractivity (Wildman–Crippen MR) is 75.8 cm³/mol. The first-order valence-corrected chi connectivity index (χ1v) is 7.23. The van der Waals surface area contributed by atoms with Gasteiger partial charge in [-0.15, -0.1) is 0 Å². The van der Waals surface area contributed by atoms with Crippen LogP contribution >= 0.6 is 11.6 Å². The summed E-state index contributed by atoms with van der Waals surface area (Å²) >= 11 is 5.92. The largest absolute Gasteiger partial charge is 0.393 e. The fraction of sp³-hybridized carbons (Fsp3) is 0.600. The first-order chi connectivity index (χ1) is 8.72. The third-order valence-electron chi connectivity index (χ3n) is 4.10. The maximum atomic E-state index is 10.3. The minimum absolute atomic E-state index is 0.211. The van der Waals surface area contributed by atoms with E-state index in [1.807, 2.05) is 24.3 Å². The molecule has 1 aromatic rings. The fourth-order valence-corrected chi connectivity index (χ4v) is 3.18. The van der Waals surface area contributed by atoms with Crippen molar-refractivity contribution >= 4 is 11.6 Å². The van der Waals surface area contributed by atoms with E-state index in [1.165, 1.54) is 18.4 Å². The van der Waals surface area contributed by atoms with Gasteiger partial charge in [0.1, 0.15) is 0 Å². The molecular weight excluding hydrogens is 246 g/mol. The number of nitrogens with two attached hydrogens (primary N) is 1. The molecule has 0 heterocycles. The highest BCUT2D eigenvalue weighted by molar-refractivity contribution is 6.30. The molecule has 1 aliphatic carbocycles. The smallest absolute Gasteiger partial charge is 0.0574 e. The van der Waals surface area contributed by atoms with Crippen molar-refractivity contribution in [3.8, 4) is 0 Å². The van der Waals surface area contributed by atoms with Gasteiger partial charge in [-0.05, 0) is 43.0 Å². The van der Waals surface area contributed by atoms with Crippen LogP contribution in [0.2, 0.25) is 5.02 Å². The Kier molecular flexibility index (Phi) is 5.04. The van der Waals surface area contributed by atoms with Crippen molar-refractivity contribution in [2.45, 2.75) is 44.1 Å². The quantitative estimate of drug-likeness (QED) is 0.826. The van der Waals surface area contributed by atoms with Crippen molar-refractivity contribution < 1.29 is 5.11 Å². The minimum atomic E-state index is -0.211. The van der Waals surface area contributed by atoms with Crippen LogP contribution in [-0.2, 0) is 0 Å². The molecule has 18 heavy (non-hydrogen) atoms. The van der Waals surface area contributed by atoms with Crippen molar-refractivity contribution in [3.63, 3.8) is 0 Å². The highest BCUT2D eigenvalue weighted by atomic mass is 35.5. The molecule has 0 spiro atoms. The number of hydrogen-bond acceptors (Lipinski definition) is 2. The third kappa shape index (κ3) is 3.25. The Labute approximate surface area is 114 Å². The van der Waals surface area contributed by atoms with Gasteiger partial charge in [0.15, 0.2) is 0 Å². The van der Waals surface area contributed by atoms with E-state index < -0.39 is 0 Å². The molecular formula is C15H22ClNO. The van der Waals surface area contributed by atoms with Crippen LogP contribution < -0.4 is 5.73 Å². The van der Waals surface area contributed by atoms with Gasteiger partial charge < -0.3 is 10.8 Å².